The van der Waals surface area contributed by atoms with E-state index in [0.717, 1.165) is 12.0 Å². The Morgan fingerprint density at radius 2 is 1.90 bits per heavy atom. The lowest BCUT2D eigenvalue weighted by Gasteiger charge is -2.21. The molecular formula is C14H16N4OS2. The molecule has 110 valence electrons. The lowest BCUT2D eigenvalue weighted by Crippen LogP contribution is -2.23. The van der Waals surface area contributed by atoms with Crippen molar-refractivity contribution in [3.8, 4) is 0 Å². The highest BCUT2D eigenvalue weighted by atomic mass is 32.2. The van der Waals surface area contributed by atoms with Gasteiger partial charge in [-0.25, -0.2) is 9.97 Å². The Labute approximate surface area is 132 Å². The highest BCUT2D eigenvalue weighted by molar-refractivity contribution is 7.99. The number of amides is 1. The molecule has 0 saturated heterocycles. The summed E-state index contributed by atoms with van der Waals surface area (Å²) in [7, 11) is 0. The number of nitrogen functional groups attached to an aromatic ring is 1. The molecule has 21 heavy (non-hydrogen) atoms. The van der Waals surface area contributed by atoms with Crippen molar-refractivity contribution in [1.29, 1.82) is 0 Å². The van der Waals surface area contributed by atoms with Gasteiger partial charge in [0.15, 0.2) is 11.0 Å². The average molecular weight is 320 g/mol. The topological polar surface area (TPSA) is 72.1 Å². The van der Waals surface area contributed by atoms with Crippen LogP contribution in [0.1, 0.15) is 5.56 Å². The molecule has 1 heterocycles. The molecule has 1 aromatic heterocycles. The number of nitrogens with zero attached hydrogens (tertiary/aromatic N) is 3. The molecule has 0 unspecified atom stereocenters. The van der Waals surface area contributed by atoms with Gasteiger partial charge in [-0.15, -0.1) is 11.8 Å². The molecule has 0 fully saturated rings. The number of rotatable bonds is 6. The summed E-state index contributed by atoms with van der Waals surface area (Å²) < 4.78 is 0. The van der Waals surface area contributed by atoms with Gasteiger partial charge in [-0.05, 0) is 18.1 Å². The zero-order chi connectivity index (χ0) is 15.2. The van der Waals surface area contributed by atoms with Crippen molar-refractivity contribution in [3.05, 3.63) is 35.9 Å². The van der Waals surface area contributed by atoms with Gasteiger partial charge in [-0.3, -0.25) is 4.79 Å². The highest BCUT2D eigenvalue weighted by Crippen LogP contribution is 2.33. The van der Waals surface area contributed by atoms with Crippen molar-refractivity contribution in [2.24, 2.45) is 0 Å². The summed E-state index contributed by atoms with van der Waals surface area (Å²) in [6, 6.07) is 9.73. The number of carbonyl (C=O) groups is 1. The van der Waals surface area contributed by atoms with E-state index in [9.17, 15) is 4.79 Å². The molecule has 0 spiro atoms. The van der Waals surface area contributed by atoms with E-state index in [4.69, 9.17) is 5.73 Å². The van der Waals surface area contributed by atoms with Gasteiger partial charge < -0.3 is 10.6 Å². The van der Waals surface area contributed by atoms with Crippen LogP contribution in [0, 0.1) is 0 Å². The minimum absolute atomic E-state index is 0.321. The summed E-state index contributed by atoms with van der Waals surface area (Å²) in [5, 5.41) is 1.31. The van der Waals surface area contributed by atoms with Crippen LogP contribution >= 0.6 is 23.5 Å². The molecule has 0 aliphatic heterocycles. The van der Waals surface area contributed by atoms with Gasteiger partial charge in [0.1, 0.15) is 10.7 Å². The maximum absolute atomic E-state index is 11.5. The van der Waals surface area contributed by atoms with E-state index in [0.29, 0.717) is 28.2 Å². The van der Waals surface area contributed by atoms with Crippen LogP contribution in [-0.4, -0.2) is 28.9 Å². The van der Waals surface area contributed by atoms with E-state index < -0.39 is 0 Å². The lowest BCUT2D eigenvalue weighted by molar-refractivity contribution is -0.107. The van der Waals surface area contributed by atoms with Gasteiger partial charge in [0.2, 0.25) is 6.41 Å². The molecule has 5 nitrogen and oxygen atoms in total. The quantitative estimate of drug-likeness (QED) is 0.382. The molecule has 0 aliphatic carbocycles. The molecule has 0 bridgehead atoms. The van der Waals surface area contributed by atoms with Crippen LogP contribution in [0.3, 0.4) is 0 Å². The largest absolute Gasteiger partial charge is 0.382 e. The minimum atomic E-state index is 0.321. The first kappa shape index (κ1) is 15.7. The summed E-state index contributed by atoms with van der Waals surface area (Å²) in [5.41, 5.74) is 7.61. The third kappa shape index (κ3) is 3.68. The second-order valence-electron chi connectivity index (χ2n) is 4.17. The molecule has 0 aliphatic rings. The fourth-order valence-electron chi connectivity index (χ4n) is 1.88. The molecule has 0 radical (unpaired) electrons. The fraction of sp³-hybridized carbons (Fsp3) is 0.214. The Balaban J connectivity index is 2.40. The Bertz CT molecular complexity index is 622. The van der Waals surface area contributed by atoms with Crippen molar-refractivity contribution in [1.82, 2.24) is 9.97 Å². The number of hydrogen-bond acceptors (Lipinski definition) is 6. The molecular weight excluding hydrogens is 304 g/mol. The second kappa shape index (κ2) is 7.33. The highest BCUT2D eigenvalue weighted by Gasteiger charge is 2.18. The van der Waals surface area contributed by atoms with Crippen LogP contribution in [0.25, 0.3) is 0 Å². The standard InChI is InChI=1S/C14H16N4OS2/c1-20-13-11(12(15)16-14(17-13)21-2)18(9-19)8-10-6-4-3-5-7-10/h3-7,9H,8H2,1-2H3,(H2,15,16,17). The normalized spacial score (nSPS) is 10.4. The van der Waals surface area contributed by atoms with E-state index in [1.165, 1.54) is 23.5 Å². The fourth-order valence-corrected chi connectivity index (χ4v) is 2.91. The molecule has 0 atom stereocenters. The van der Waals surface area contributed by atoms with Crippen molar-refractivity contribution in [2.45, 2.75) is 16.7 Å². The zero-order valence-electron chi connectivity index (χ0n) is 11.8. The molecule has 2 N–H and O–H groups in total. The number of aromatic nitrogens is 2. The van der Waals surface area contributed by atoms with Gasteiger partial charge in [0, 0.05) is 0 Å². The summed E-state index contributed by atoms with van der Waals surface area (Å²) in [6.45, 7) is 0.435. The molecule has 7 heteroatoms. The Morgan fingerprint density at radius 3 is 2.48 bits per heavy atom. The number of benzene rings is 1. The smallest absolute Gasteiger partial charge is 0.214 e. The van der Waals surface area contributed by atoms with Gasteiger partial charge in [-0.2, -0.15) is 0 Å². The van der Waals surface area contributed by atoms with E-state index in [1.54, 1.807) is 4.90 Å². The van der Waals surface area contributed by atoms with Crippen LogP contribution in [0.4, 0.5) is 11.5 Å². The first-order chi connectivity index (χ1) is 10.2. The number of anilines is 2. The van der Waals surface area contributed by atoms with Crippen LogP contribution in [0.5, 0.6) is 0 Å². The van der Waals surface area contributed by atoms with Gasteiger partial charge in [0.25, 0.3) is 0 Å². The number of nitrogens with two attached hydrogens (primary N) is 1. The third-order valence-corrected chi connectivity index (χ3v) is 4.06. The maximum atomic E-state index is 11.5. The van der Waals surface area contributed by atoms with E-state index >= 15 is 0 Å². The average Bonchev–Trinajstić information content (AvgIpc) is 2.53. The summed E-state index contributed by atoms with van der Waals surface area (Å²) >= 11 is 2.87. The first-order valence-electron chi connectivity index (χ1n) is 6.21. The van der Waals surface area contributed by atoms with Gasteiger partial charge in [-0.1, -0.05) is 42.1 Å². The van der Waals surface area contributed by atoms with Crippen molar-refractivity contribution in [3.63, 3.8) is 0 Å². The Kier molecular flexibility index (Phi) is 5.46. The van der Waals surface area contributed by atoms with Crippen molar-refractivity contribution < 1.29 is 4.79 Å². The summed E-state index contributed by atoms with van der Waals surface area (Å²) in [6.07, 6.45) is 4.56. The van der Waals surface area contributed by atoms with Crippen LogP contribution in [-0.2, 0) is 11.3 Å². The minimum Gasteiger partial charge on any atom is -0.382 e. The lowest BCUT2D eigenvalue weighted by atomic mass is 10.2. The SMILES string of the molecule is CSc1nc(N)c(N(C=O)Cc2ccccc2)c(SC)n1. The van der Waals surface area contributed by atoms with Gasteiger partial charge >= 0.3 is 0 Å². The van der Waals surface area contributed by atoms with Crippen molar-refractivity contribution >= 4 is 41.4 Å². The Morgan fingerprint density at radius 1 is 1.19 bits per heavy atom. The number of thioether (sulfide) groups is 2. The zero-order valence-corrected chi connectivity index (χ0v) is 13.4. The van der Waals surface area contributed by atoms with E-state index in [-0.39, 0.29) is 0 Å². The molecule has 2 aromatic rings. The molecule has 0 saturated carbocycles. The summed E-state index contributed by atoms with van der Waals surface area (Å²) in [4.78, 5) is 21.7. The summed E-state index contributed by atoms with van der Waals surface area (Å²) in [5.74, 6) is 0.321. The predicted octanol–water partition coefficient (Wildman–Crippen LogP) is 2.67. The van der Waals surface area contributed by atoms with Gasteiger partial charge in [0.05, 0.1) is 6.54 Å². The predicted molar refractivity (Wildman–Crippen MR) is 88.7 cm³/mol. The monoisotopic (exact) mass is 320 g/mol. The van der Waals surface area contributed by atoms with Crippen LogP contribution in [0.2, 0.25) is 0 Å². The third-order valence-electron chi connectivity index (χ3n) is 2.84. The van der Waals surface area contributed by atoms with E-state index in [2.05, 4.69) is 9.97 Å². The van der Waals surface area contributed by atoms with Crippen LogP contribution in [0.15, 0.2) is 40.5 Å². The first-order valence-corrected chi connectivity index (χ1v) is 8.66. The van der Waals surface area contributed by atoms with Crippen LogP contribution < -0.4 is 10.6 Å². The Hall–Kier alpha value is -1.73. The van der Waals surface area contributed by atoms with E-state index in [1.807, 2.05) is 42.8 Å². The number of carbonyl (C=O) groups excluding carboxylic acids is 1. The molecule has 1 aromatic carbocycles. The number of hydrogen-bond donors (Lipinski definition) is 1. The van der Waals surface area contributed by atoms with Crippen molar-refractivity contribution in [2.75, 3.05) is 23.1 Å². The second-order valence-corrected chi connectivity index (χ2v) is 5.74. The molecule has 2 rings (SSSR count). The maximum Gasteiger partial charge on any atom is 0.214 e. The molecule has 1 amide bonds.